The Morgan fingerprint density at radius 1 is 1.03 bits per heavy atom. The highest BCUT2D eigenvalue weighted by molar-refractivity contribution is 6.11. The van der Waals surface area contributed by atoms with Crippen molar-refractivity contribution < 1.29 is 24.2 Å². The zero-order valence-corrected chi connectivity index (χ0v) is 18.5. The molecular formula is C25H26N4O5. The fraction of sp³-hybridized carbons (Fsp3) is 0.120. The van der Waals surface area contributed by atoms with Gasteiger partial charge in [-0.15, -0.1) is 0 Å². The van der Waals surface area contributed by atoms with Crippen molar-refractivity contribution in [1.29, 1.82) is 5.41 Å². The largest absolute Gasteiger partial charge is 0.497 e. The molecule has 9 nitrogen and oxygen atoms in total. The summed E-state index contributed by atoms with van der Waals surface area (Å²) < 4.78 is 5.21. The van der Waals surface area contributed by atoms with Crippen LogP contribution in [0.25, 0.3) is 0 Å². The number of anilines is 1. The molecule has 0 aliphatic rings. The maximum atomic E-state index is 13.0. The van der Waals surface area contributed by atoms with Crippen molar-refractivity contribution >= 4 is 29.8 Å². The summed E-state index contributed by atoms with van der Waals surface area (Å²) in [7, 11) is 1.58. The fourth-order valence-corrected chi connectivity index (χ4v) is 3.09. The van der Waals surface area contributed by atoms with E-state index in [2.05, 4.69) is 10.6 Å². The molecule has 34 heavy (non-hydrogen) atoms. The summed E-state index contributed by atoms with van der Waals surface area (Å²) in [5.41, 5.74) is 7.97. The van der Waals surface area contributed by atoms with Crippen LogP contribution < -0.4 is 21.1 Å². The predicted octanol–water partition coefficient (Wildman–Crippen LogP) is 2.72. The van der Waals surface area contributed by atoms with Crippen molar-refractivity contribution in [3.8, 4) is 5.75 Å². The Balaban J connectivity index is 0.00000129. The van der Waals surface area contributed by atoms with Crippen LogP contribution in [0.4, 0.5) is 5.69 Å². The second-order valence-electron chi connectivity index (χ2n) is 7.00. The number of amides is 2. The van der Waals surface area contributed by atoms with Crippen LogP contribution in [0.15, 0.2) is 78.9 Å². The number of amidine groups is 1. The molecule has 1 atom stereocenters. The Bertz CT molecular complexity index is 1120. The van der Waals surface area contributed by atoms with E-state index < -0.39 is 17.7 Å². The molecule has 9 heteroatoms. The summed E-state index contributed by atoms with van der Waals surface area (Å²) in [4.78, 5) is 34.4. The summed E-state index contributed by atoms with van der Waals surface area (Å²) >= 11 is 0. The number of nitrogens with one attached hydrogen (secondary N) is 3. The quantitative estimate of drug-likeness (QED) is 0.150. The lowest BCUT2D eigenvalue weighted by Crippen LogP contribution is -2.36. The number of nitrogens with two attached hydrogens (primary N) is 1. The van der Waals surface area contributed by atoms with E-state index in [-0.39, 0.29) is 18.9 Å². The predicted molar refractivity (Wildman–Crippen MR) is 129 cm³/mol. The fourth-order valence-electron chi connectivity index (χ4n) is 3.09. The van der Waals surface area contributed by atoms with Crippen molar-refractivity contribution in [1.82, 2.24) is 5.32 Å². The van der Waals surface area contributed by atoms with Crippen LogP contribution in [0.5, 0.6) is 5.75 Å². The van der Waals surface area contributed by atoms with E-state index in [0.29, 0.717) is 22.6 Å². The molecule has 0 radical (unpaired) electrons. The SMILES string of the molecule is COc1cccc(CNC(=O)C(C(=O)Nc2ccc(C(=N)N)cc2)c2ccccc2)c1.O=CO. The van der Waals surface area contributed by atoms with E-state index in [1.54, 1.807) is 55.6 Å². The van der Waals surface area contributed by atoms with Crippen LogP contribution >= 0.6 is 0 Å². The van der Waals surface area contributed by atoms with Crippen LogP contribution in [-0.4, -0.2) is 36.3 Å². The van der Waals surface area contributed by atoms with Crippen molar-refractivity contribution in [3.05, 3.63) is 95.6 Å². The van der Waals surface area contributed by atoms with Gasteiger partial charge in [-0.05, 0) is 47.5 Å². The number of benzene rings is 3. The number of methoxy groups -OCH3 is 1. The minimum atomic E-state index is -1.03. The molecule has 3 aromatic carbocycles. The highest BCUT2D eigenvalue weighted by Crippen LogP contribution is 2.20. The Morgan fingerprint density at radius 2 is 1.68 bits per heavy atom. The summed E-state index contributed by atoms with van der Waals surface area (Å²) in [6.07, 6.45) is 0. The first-order valence-corrected chi connectivity index (χ1v) is 10.2. The molecule has 3 aromatic rings. The van der Waals surface area contributed by atoms with E-state index in [1.807, 2.05) is 30.3 Å². The number of nitrogen functional groups attached to an aromatic ring is 1. The molecule has 0 aliphatic carbocycles. The third kappa shape index (κ3) is 7.49. The van der Waals surface area contributed by atoms with Gasteiger partial charge in [0.25, 0.3) is 6.47 Å². The zero-order valence-electron chi connectivity index (χ0n) is 18.5. The molecule has 0 fully saturated rings. The first-order chi connectivity index (χ1) is 16.4. The molecule has 176 valence electrons. The topological polar surface area (TPSA) is 155 Å². The number of hydrogen-bond acceptors (Lipinski definition) is 5. The van der Waals surface area contributed by atoms with Crippen LogP contribution in [0.2, 0.25) is 0 Å². The van der Waals surface area contributed by atoms with Crippen molar-refractivity contribution in [2.45, 2.75) is 12.5 Å². The molecule has 0 bridgehead atoms. The lowest BCUT2D eigenvalue weighted by molar-refractivity contribution is -0.129. The van der Waals surface area contributed by atoms with Crippen molar-refractivity contribution in [2.24, 2.45) is 5.73 Å². The first kappa shape index (κ1) is 25.6. The molecule has 0 heterocycles. The van der Waals surface area contributed by atoms with E-state index in [0.717, 1.165) is 5.56 Å². The monoisotopic (exact) mass is 462 g/mol. The number of rotatable bonds is 8. The second-order valence-corrected chi connectivity index (χ2v) is 7.00. The molecule has 0 aromatic heterocycles. The number of carbonyl (C=O) groups excluding carboxylic acids is 2. The Hall–Kier alpha value is -4.66. The average molecular weight is 463 g/mol. The summed E-state index contributed by atoms with van der Waals surface area (Å²) in [6.45, 7) is 0.0138. The molecule has 6 N–H and O–H groups in total. The van der Waals surface area contributed by atoms with Gasteiger partial charge < -0.3 is 26.2 Å². The third-order valence-electron chi connectivity index (χ3n) is 4.72. The van der Waals surface area contributed by atoms with Gasteiger partial charge >= 0.3 is 0 Å². The molecule has 0 aliphatic heterocycles. The third-order valence-corrected chi connectivity index (χ3v) is 4.72. The van der Waals surface area contributed by atoms with Gasteiger partial charge in [0.15, 0.2) is 0 Å². The van der Waals surface area contributed by atoms with Gasteiger partial charge in [-0.25, -0.2) is 0 Å². The molecule has 0 saturated heterocycles. The number of ether oxygens (including phenoxy) is 1. The maximum Gasteiger partial charge on any atom is 0.290 e. The average Bonchev–Trinajstić information content (AvgIpc) is 2.84. The second kappa shape index (κ2) is 13.0. The molecule has 3 rings (SSSR count). The smallest absolute Gasteiger partial charge is 0.290 e. The Labute approximate surface area is 197 Å². The first-order valence-electron chi connectivity index (χ1n) is 10.2. The molecule has 1 unspecified atom stereocenters. The van der Waals surface area contributed by atoms with Crippen LogP contribution in [0.1, 0.15) is 22.6 Å². The maximum absolute atomic E-state index is 13.0. The van der Waals surface area contributed by atoms with Crippen molar-refractivity contribution in [2.75, 3.05) is 12.4 Å². The Kier molecular flexibility index (Phi) is 9.80. The van der Waals surface area contributed by atoms with Crippen LogP contribution in [0.3, 0.4) is 0 Å². The van der Waals surface area contributed by atoms with Crippen molar-refractivity contribution in [3.63, 3.8) is 0 Å². The summed E-state index contributed by atoms with van der Waals surface area (Å²) in [5.74, 6) is -1.26. The standard InChI is InChI=1S/C24H24N4O3.CH2O2/c1-31-20-9-5-6-16(14-20)15-27-23(29)21(17-7-3-2-4-8-17)24(30)28-19-12-10-18(11-13-19)22(25)26;2-1-3/h2-14,21H,15H2,1H3,(H3,25,26)(H,27,29)(H,28,30);1H,(H,2,3). The van der Waals surface area contributed by atoms with Gasteiger partial charge in [0.05, 0.1) is 7.11 Å². The van der Waals surface area contributed by atoms with Gasteiger partial charge in [-0.2, -0.15) is 0 Å². The van der Waals surface area contributed by atoms with Gasteiger partial charge in [0, 0.05) is 17.8 Å². The summed E-state index contributed by atoms with van der Waals surface area (Å²) in [5, 5.41) is 20.0. The van der Waals surface area contributed by atoms with E-state index in [1.165, 1.54) is 0 Å². The molecule has 0 saturated carbocycles. The van der Waals surface area contributed by atoms with E-state index >= 15 is 0 Å². The lowest BCUT2D eigenvalue weighted by atomic mass is 9.97. The lowest BCUT2D eigenvalue weighted by Gasteiger charge is -2.17. The molecule has 2 amide bonds. The number of carbonyl (C=O) groups is 3. The Morgan fingerprint density at radius 3 is 2.26 bits per heavy atom. The van der Waals surface area contributed by atoms with Gasteiger partial charge in [-0.1, -0.05) is 42.5 Å². The minimum absolute atomic E-state index is 0.0584. The van der Waals surface area contributed by atoms with Gasteiger partial charge in [0.1, 0.15) is 17.5 Å². The number of carboxylic acid groups (broad SMARTS) is 1. The number of hydrogen-bond donors (Lipinski definition) is 5. The highest BCUT2D eigenvalue weighted by atomic mass is 16.5. The van der Waals surface area contributed by atoms with Crippen LogP contribution in [-0.2, 0) is 20.9 Å². The van der Waals surface area contributed by atoms with Crippen LogP contribution in [0, 0.1) is 5.41 Å². The van der Waals surface area contributed by atoms with E-state index in [4.69, 9.17) is 25.8 Å². The van der Waals surface area contributed by atoms with Gasteiger partial charge in [-0.3, -0.25) is 19.8 Å². The minimum Gasteiger partial charge on any atom is -0.497 e. The van der Waals surface area contributed by atoms with E-state index in [9.17, 15) is 9.59 Å². The normalized spacial score (nSPS) is 10.6. The van der Waals surface area contributed by atoms with Gasteiger partial charge in [0.2, 0.25) is 11.8 Å². The zero-order chi connectivity index (χ0) is 24.9. The highest BCUT2D eigenvalue weighted by Gasteiger charge is 2.28. The molecule has 0 spiro atoms. The molecular weight excluding hydrogens is 436 g/mol. The summed E-state index contributed by atoms with van der Waals surface area (Å²) in [6, 6.07) is 22.8.